The lowest BCUT2D eigenvalue weighted by Crippen LogP contribution is -2.26. The lowest BCUT2D eigenvalue weighted by Gasteiger charge is -2.20. The molecule has 0 radical (unpaired) electrons. The van der Waals surface area contributed by atoms with Gasteiger partial charge in [-0.25, -0.2) is 8.42 Å². The molecule has 3 aromatic rings. The smallest absolute Gasteiger partial charge is 0.264 e. The molecule has 0 aliphatic rings. The first kappa shape index (κ1) is 21.4. The third kappa shape index (κ3) is 4.46. The maximum atomic E-state index is 13.0. The zero-order valence-corrected chi connectivity index (χ0v) is 18.2. The summed E-state index contributed by atoms with van der Waals surface area (Å²) in [4.78, 5) is 12.5. The summed E-state index contributed by atoms with van der Waals surface area (Å²) in [6.07, 6.45) is 0. The van der Waals surface area contributed by atoms with Crippen molar-refractivity contribution >= 4 is 33.0 Å². The van der Waals surface area contributed by atoms with Crippen molar-refractivity contribution in [2.45, 2.75) is 18.7 Å². The highest BCUT2D eigenvalue weighted by Crippen LogP contribution is 2.24. The van der Waals surface area contributed by atoms with Crippen molar-refractivity contribution in [3.63, 3.8) is 0 Å². The number of aromatic nitrogens is 2. The van der Waals surface area contributed by atoms with Crippen LogP contribution in [0.5, 0.6) is 0 Å². The van der Waals surface area contributed by atoms with Crippen molar-refractivity contribution in [1.82, 2.24) is 9.78 Å². The highest BCUT2D eigenvalue weighted by atomic mass is 32.2. The van der Waals surface area contributed by atoms with Gasteiger partial charge in [0, 0.05) is 19.8 Å². The van der Waals surface area contributed by atoms with Crippen LogP contribution in [0.25, 0.3) is 0 Å². The van der Waals surface area contributed by atoms with Crippen LogP contribution < -0.4 is 14.9 Å². The third-order valence-electron chi connectivity index (χ3n) is 4.84. The van der Waals surface area contributed by atoms with Crippen LogP contribution in [0.2, 0.25) is 0 Å². The first-order chi connectivity index (χ1) is 14.2. The number of para-hydroxylation sites is 1. The van der Waals surface area contributed by atoms with Crippen LogP contribution >= 0.6 is 0 Å². The van der Waals surface area contributed by atoms with Crippen molar-refractivity contribution in [3.8, 4) is 0 Å². The number of carbonyl (C=O) groups excluding carboxylic acids is 1. The second kappa shape index (κ2) is 8.58. The second-order valence-electron chi connectivity index (χ2n) is 6.91. The van der Waals surface area contributed by atoms with Crippen LogP contribution in [0.15, 0.2) is 59.5 Å². The highest BCUT2D eigenvalue weighted by molar-refractivity contribution is 7.92. The molecular weight excluding hydrogens is 402 g/mol. The molecule has 1 aromatic heterocycles. The lowest BCUT2D eigenvalue weighted by atomic mass is 10.3. The molecule has 3 rings (SSSR count). The Morgan fingerprint density at radius 2 is 1.80 bits per heavy atom. The van der Waals surface area contributed by atoms with E-state index in [1.54, 1.807) is 41.1 Å². The van der Waals surface area contributed by atoms with Gasteiger partial charge in [0.25, 0.3) is 10.0 Å². The van der Waals surface area contributed by atoms with E-state index in [4.69, 9.17) is 0 Å². The number of hydrogen-bond acceptors (Lipinski definition) is 5. The second-order valence-corrected chi connectivity index (χ2v) is 8.88. The summed E-state index contributed by atoms with van der Waals surface area (Å²) >= 11 is 0. The Morgan fingerprint density at radius 1 is 1.10 bits per heavy atom. The summed E-state index contributed by atoms with van der Waals surface area (Å²) in [6.45, 7) is 3.69. The van der Waals surface area contributed by atoms with Crippen LogP contribution in [-0.2, 0) is 21.9 Å². The van der Waals surface area contributed by atoms with Gasteiger partial charge in [-0.3, -0.25) is 13.8 Å². The molecule has 9 heteroatoms. The van der Waals surface area contributed by atoms with Crippen LogP contribution in [0.4, 0.5) is 17.1 Å². The molecule has 0 spiro atoms. The molecule has 0 atom stereocenters. The van der Waals surface area contributed by atoms with E-state index < -0.39 is 10.0 Å². The summed E-state index contributed by atoms with van der Waals surface area (Å²) in [6, 6.07) is 15.3. The predicted molar refractivity (Wildman–Crippen MR) is 118 cm³/mol. The number of carbonyl (C=O) groups is 1. The monoisotopic (exact) mass is 427 g/mol. The van der Waals surface area contributed by atoms with Gasteiger partial charge in [-0.1, -0.05) is 24.3 Å². The molecule has 2 N–H and O–H groups in total. The maximum Gasteiger partial charge on any atom is 0.264 e. The van der Waals surface area contributed by atoms with Gasteiger partial charge < -0.3 is 10.6 Å². The van der Waals surface area contributed by atoms with E-state index in [-0.39, 0.29) is 17.3 Å². The fourth-order valence-corrected chi connectivity index (χ4v) is 4.26. The van der Waals surface area contributed by atoms with Crippen molar-refractivity contribution in [3.05, 3.63) is 66.0 Å². The van der Waals surface area contributed by atoms with E-state index in [1.165, 1.54) is 23.5 Å². The molecule has 30 heavy (non-hydrogen) atoms. The number of hydrogen-bond donors (Lipinski definition) is 2. The SMILES string of the molecule is Cc1nn(C)c(C)c1NC(=O)CNc1cccc(S(=O)(=O)N(C)c2ccccc2)c1. The van der Waals surface area contributed by atoms with Gasteiger partial charge in [0.1, 0.15) is 0 Å². The quantitative estimate of drug-likeness (QED) is 0.604. The number of aryl methyl sites for hydroxylation is 2. The molecule has 0 saturated carbocycles. The van der Waals surface area contributed by atoms with Gasteiger partial charge in [0.05, 0.1) is 34.2 Å². The van der Waals surface area contributed by atoms with E-state index in [2.05, 4.69) is 15.7 Å². The average Bonchev–Trinajstić information content (AvgIpc) is 2.98. The maximum absolute atomic E-state index is 13.0. The molecule has 2 aromatic carbocycles. The van der Waals surface area contributed by atoms with Gasteiger partial charge in [-0.15, -0.1) is 0 Å². The fraction of sp³-hybridized carbons (Fsp3) is 0.238. The summed E-state index contributed by atoms with van der Waals surface area (Å²) in [5.41, 5.74) is 3.38. The van der Waals surface area contributed by atoms with Crippen LogP contribution in [0, 0.1) is 13.8 Å². The Hall–Kier alpha value is -3.33. The molecule has 0 saturated heterocycles. The largest absolute Gasteiger partial charge is 0.376 e. The number of nitrogens with zero attached hydrogens (tertiary/aromatic N) is 3. The fourth-order valence-electron chi connectivity index (χ4n) is 3.02. The number of nitrogens with one attached hydrogen (secondary N) is 2. The minimum Gasteiger partial charge on any atom is -0.376 e. The molecule has 0 bridgehead atoms. The van der Waals surface area contributed by atoms with Crippen molar-refractivity contribution in [2.24, 2.45) is 7.05 Å². The molecule has 1 heterocycles. The number of benzene rings is 2. The normalized spacial score (nSPS) is 11.2. The molecule has 0 aliphatic heterocycles. The van der Waals surface area contributed by atoms with E-state index in [0.29, 0.717) is 17.1 Å². The predicted octanol–water partition coefficient (Wildman–Crippen LogP) is 2.91. The Morgan fingerprint density at radius 3 is 2.43 bits per heavy atom. The van der Waals surface area contributed by atoms with E-state index in [0.717, 1.165) is 11.4 Å². The Kier molecular flexibility index (Phi) is 6.12. The molecule has 0 aliphatic carbocycles. The van der Waals surface area contributed by atoms with Crippen molar-refractivity contribution in [1.29, 1.82) is 0 Å². The molecular formula is C21H25N5O3S. The number of sulfonamides is 1. The van der Waals surface area contributed by atoms with Gasteiger partial charge in [0.2, 0.25) is 5.91 Å². The Balaban J connectivity index is 1.70. The summed E-state index contributed by atoms with van der Waals surface area (Å²) in [5.74, 6) is -0.246. The highest BCUT2D eigenvalue weighted by Gasteiger charge is 2.21. The summed E-state index contributed by atoms with van der Waals surface area (Å²) in [7, 11) is -0.404. The number of anilines is 3. The summed E-state index contributed by atoms with van der Waals surface area (Å²) in [5, 5.41) is 10.1. The van der Waals surface area contributed by atoms with Gasteiger partial charge in [-0.05, 0) is 44.2 Å². The van der Waals surface area contributed by atoms with Crippen LogP contribution in [-0.4, -0.2) is 37.7 Å². The lowest BCUT2D eigenvalue weighted by molar-refractivity contribution is -0.114. The van der Waals surface area contributed by atoms with E-state index in [1.807, 2.05) is 27.0 Å². The molecule has 8 nitrogen and oxygen atoms in total. The van der Waals surface area contributed by atoms with Gasteiger partial charge in [-0.2, -0.15) is 5.10 Å². The molecule has 1 amide bonds. The van der Waals surface area contributed by atoms with Gasteiger partial charge >= 0.3 is 0 Å². The summed E-state index contributed by atoms with van der Waals surface area (Å²) < 4.78 is 28.8. The Bertz CT molecular complexity index is 1160. The zero-order valence-electron chi connectivity index (χ0n) is 17.4. The standard InChI is InChI=1S/C21H25N5O3S/c1-15-21(16(2)25(3)24-15)23-20(27)14-22-17-9-8-12-19(13-17)30(28,29)26(4)18-10-6-5-7-11-18/h5-13,22H,14H2,1-4H3,(H,23,27). The minimum atomic E-state index is -3.73. The first-order valence-electron chi connectivity index (χ1n) is 9.38. The minimum absolute atomic E-state index is 0.00814. The first-order valence-corrected chi connectivity index (χ1v) is 10.8. The third-order valence-corrected chi connectivity index (χ3v) is 6.62. The van der Waals surface area contributed by atoms with Crippen LogP contribution in [0.3, 0.4) is 0 Å². The topological polar surface area (TPSA) is 96.3 Å². The van der Waals surface area contributed by atoms with Crippen molar-refractivity contribution in [2.75, 3.05) is 28.5 Å². The molecule has 0 unspecified atom stereocenters. The molecule has 158 valence electrons. The van der Waals surface area contributed by atoms with E-state index in [9.17, 15) is 13.2 Å². The van der Waals surface area contributed by atoms with E-state index >= 15 is 0 Å². The average molecular weight is 428 g/mol. The van der Waals surface area contributed by atoms with Crippen LogP contribution in [0.1, 0.15) is 11.4 Å². The molecule has 0 fully saturated rings. The zero-order chi connectivity index (χ0) is 21.9. The number of amides is 1. The number of rotatable bonds is 7. The Labute approximate surface area is 176 Å². The van der Waals surface area contributed by atoms with Gasteiger partial charge in [0.15, 0.2) is 0 Å². The van der Waals surface area contributed by atoms with Crippen molar-refractivity contribution < 1.29 is 13.2 Å².